The number of carbonyl (C=O) groups excluding carboxylic acids is 3. The van der Waals surface area contributed by atoms with Gasteiger partial charge in [0.2, 0.25) is 0 Å². The highest BCUT2D eigenvalue weighted by atomic mass is 35.5. The molecule has 0 spiro atoms. The maximum absolute atomic E-state index is 13.1. The van der Waals surface area contributed by atoms with E-state index in [0.29, 0.717) is 5.69 Å². The number of hydrogen-bond donors (Lipinski definition) is 2. The molecular formula is C21H32ClN3O5. The first-order valence-electron chi connectivity index (χ1n) is 9.65. The molecule has 9 heteroatoms. The molecule has 168 valence electrons. The van der Waals surface area contributed by atoms with Gasteiger partial charge in [0, 0.05) is 5.88 Å². The summed E-state index contributed by atoms with van der Waals surface area (Å²) in [7, 11) is 0. The number of nitrogens with two attached hydrogens (primary N) is 1. The highest BCUT2D eigenvalue weighted by Gasteiger charge is 2.37. The quantitative estimate of drug-likeness (QED) is 0.363. The first kappa shape index (κ1) is 25.6. The molecule has 2 atom stereocenters. The molecule has 1 rings (SSSR count). The van der Waals surface area contributed by atoms with Gasteiger partial charge in [0.25, 0.3) is 0 Å². The van der Waals surface area contributed by atoms with E-state index in [1.165, 1.54) is 5.01 Å². The molecule has 30 heavy (non-hydrogen) atoms. The Morgan fingerprint density at radius 2 is 1.50 bits per heavy atom. The Balaban J connectivity index is 3.32. The van der Waals surface area contributed by atoms with Gasteiger partial charge in [0.15, 0.2) is 0 Å². The van der Waals surface area contributed by atoms with E-state index in [4.69, 9.17) is 26.8 Å². The minimum Gasteiger partial charge on any atom is -0.460 e. The number of alkyl halides is 1. The van der Waals surface area contributed by atoms with Crippen LogP contribution in [0.15, 0.2) is 30.3 Å². The maximum atomic E-state index is 13.1. The van der Waals surface area contributed by atoms with Crippen molar-refractivity contribution in [3.05, 3.63) is 30.3 Å². The standard InChI is InChI=1S/C21H32ClN3O5/c1-20(2,3)29-17(26)14(13-22)12-16(18(27)30-21(4,5)6)25(24-19(23)28)15-10-8-7-9-11-15/h7-11,14,16H,12-13H2,1-6H3,(H3,23,24,28)/t14?,16-/m0/s1. The molecule has 0 aliphatic carbocycles. The third-order valence-electron chi connectivity index (χ3n) is 3.69. The lowest BCUT2D eigenvalue weighted by atomic mass is 9.99. The number of rotatable bonds is 8. The molecule has 0 aliphatic rings. The van der Waals surface area contributed by atoms with E-state index in [0.717, 1.165) is 0 Å². The monoisotopic (exact) mass is 441 g/mol. The summed E-state index contributed by atoms with van der Waals surface area (Å²) in [5.41, 5.74) is 6.79. The van der Waals surface area contributed by atoms with Crippen LogP contribution in [0, 0.1) is 5.92 Å². The third kappa shape index (κ3) is 8.90. The van der Waals surface area contributed by atoms with Crippen LogP contribution in [-0.2, 0) is 19.1 Å². The molecule has 0 saturated heterocycles. The summed E-state index contributed by atoms with van der Waals surface area (Å²) >= 11 is 6.05. The number of hydrogen-bond acceptors (Lipinski definition) is 6. The summed E-state index contributed by atoms with van der Waals surface area (Å²) in [5.74, 6) is -2.07. The highest BCUT2D eigenvalue weighted by Crippen LogP contribution is 2.24. The predicted molar refractivity (Wildman–Crippen MR) is 116 cm³/mol. The molecule has 8 nitrogen and oxygen atoms in total. The summed E-state index contributed by atoms with van der Waals surface area (Å²) in [6.45, 7) is 10.4. The molecule has 2 amide bonds. The SMILES string of the molecule is CC(C)(C)OC(=O)C(CCl)C[C@@H](C(=O)OC(C)(C)C)N(NC(N)=O)c1ccccc1. The van der Waals surface area contributed by atoms with Crippen molar-refractivity contribution in [1.29, 1.82) is 0 Å². The molecule has 0 bridgehead atoms. The number of primary amides is 1. The van der Waals surface area contributed by atoms with E-state index >= 15 is 0 Å². The van der Waals surface area contributed by atoms with Crippen LogP contribution in [0.2, 0.25) is 0 Å². The van der Waals surface area contributed by atoms with Crippen molar-refractivity contribution in [2.24, 2.45) is 11.7 Å². The van der Waals surface area contributed by atoms with Crippen LogP contribution in [0.4, 0.5) is 10.5 Å². The lowest BCUT2D eigenvalue weighted by molar-refractivity contribution is -0.161. The Bertz CT molecular complexity index is 728. The number of anilines is 1. The van der Waals surface area contributed by atoms with Gasteiger partial charge in [-0.2, -0.15) is 0 Å². The predicted octanol–water partition coefficient (Wildman–Crippen LogP) is 3.37. The molecule has 0 aromatic heterocycles. The molecule has 0 heterocycles. The number of ether oxygens (including phenoxy) is 2. The van der Waals surface area contributed by atoms with Gasteiger partial charge in [-0.1, -0.05) is 18.2 Å². The average molecular weight is 442 g/mol. The Kier molecular flexibility index (Phi) is 8.96. The fourth-order valence-electron chi connectivity index (χ4n) is 2.58. The first-order chi connectivity index (χ1) is 13.7. The lowest BCUT2D eigenvalue weighted by Gasteiger charge is -2.35. The summed E-state index contributed by atoms with van der Waals surface area (Å²) in [4.78, 5) is 37.4. The Morgan fingerprint density at radius 3 is 1.93 bits per heavy atom. The van der Waals surface area contributed by atoms with Crippen LogP contribution in [0.5, 0.6) is 0 Å². The van der Waals surface area contributed by atoms with Gasteiger partial charge in [0.1, 0.15) is 17.2 Å². The van der Waals surface area contributed by atoms with E-state index in [-0.39, 0.29) is 12.3 Å². The lowest BCUT2D eigenvalue weighted by Crippen LogP contribution is -2.56. The van der Waals surface area contributed by atoms with Crippen molar-refractivity contribution in [3.63, 3.8) is 0 Å². The number of hydrazine groups is 1. The zero-order chi connectivity index (χ0) is 23.1. The first-order valence-corrected chi connectivity index (χ1v) is 10.2. The molecule has 1 aromatic carbocycles. The van der Waals surface area contributed by atoms with Crippen molar-refractivity contribution in [3.8, 4) is 0 Å². The minimum absolute atomic E-state index is 0.0531. The van der Waals surface area contributed by atoms with Crippen molar-refractivity contribution in [1.82, 2.24) is 5.43 Å². The number of halogens is 1. The van der Waals surface area contributed by atoms with E-state index < -0.39 is 41.1 Å². The van der Waals surface area contributed by atoms with Crippen LogP contribution in [0.3, 0.4) is 0 Å². The normalized spacial score (nSPS) is 13.7. The zero-order valence-corrected chi connectivity index (χ0v) is 19.2. The minimum atomic E-state index is -1.07. The second kappa shape index (κ2) is 10.5. The zero-order valence-electron chi connectivity index (χ0n) is 18.4. The molecule has 0 aliphatic heterocycles. The second-order valence-electron chi connectivity index (χ2n) is 8.85. The number of urea groups is 1. The number of carbonyl (C=O) groups is 3. The van der Waals surface area contributed by atoms with Crippen molar-refractivity contribution >= 4 is 35.3 Å². The van der Waals surface area contributed by atoms with Crippen LogP contribution < -0.4 is 16.2 Å². The highest BCUT2D eigenvalue weighted by molar-refractivity contribution is 6.19. The van der Waals surface area contributed by atoms with E-state index in [1.54, 1.807) is 71.9 Å². The van der Waals surface area contributed by atoms with Gasteiger partial charge >= 0.3 is 18.0 Å². The van der Waals surface area contributed by atoms with Gasteiger partial charge in [-0.25, -0.2) is 15.0 Å². The van der Waals surface area contributed by atoms with Gasteiger partial charge in [-0.15, -0.1) is 11.6 Å². The molecule has 1 aromatic rings. The van der Waals surface area contributed by atoms with Crippen LogP contribution in [-0.4, -0.2) is 41.1 Å². The number of benzene rings is 1. The number of esters is 2. The van der Waals surface area contributed by atoms with E-state index in [1.807, 2.05) is 0 Å². The van der Waals surface area contributed by atoms with Gasteiger partial charge in [0.05, 0.1) is 11.6 Å². The smallest absolute Gasteiger partial charge is 0.331 e. The molecule has 1 unspecified atom stereocenters. The number of nitrogens with one attached hydrogen (secondary N) is 1. The van der Waals surface area contributed by atoms with E-state index in [2.05, 4.69) is 5.43 Å². The Hall–Kier alpha value is -2.48. The Morgan fingerprint density at radius 1 is 1.00 bits per heavy atom. The van der Waals surface area contributed by atoms with Crippen molar-refractivity contribution < 1.29 is 23.9 Å². The van der Waals surface area contributed by atoms with Crippen molar-refractivity contribution in [2.75, 3.05) is 10.9 Å². The number of amides is 2. The second-order valence-corrected chi connectivity index (χ2v) is 9.16. The Labute approximate surface area is 183 Å². The molecule has 0 saturated carbocycles. The van der Waals surface area contributed by atoms with Gasteiger partial charge < -0.3 is 15.2 Å². The van der Waals surface area contributed by atoms with Crippen LogP contribution in [0.25, 0.3) is 0 Å². The average Bonchev–Trinajstić information content (AvgIpc) is 2.58. The van der Waals surface area contributed by atoms with Crippen LogP contribution in [0.1, 0.15) is 48.0 Å². The largest absolute Gasteiger partial charge is 0.460 e. The van der Waals surface area contributed by atoms with Crippen LogP contribution >= 0.6 is 11.6 Å². The summed E-state index contributed by atoms with van der Waals surface area (Å²) in [5, 5.41) is 1.29. The fourth-order valence-corrected chi connectivity index (χ4v) is 2.84. The van der Waals surface area contributed by atoms with Gasteiger partial charge in [-0.3, -0.25) is 9.80 Å². The summed E-state index contributed by atoms with van der Waals surface area (Å²) in [6, 6.07) is 6.71. The molecule has 0 radical (unpaired) electrons. The fraction of sp³-hybridized carbons (Fsp3) is 0.571. The molecular weight excluding hydrogens is 410 g/mol. The summed E-state index contributed by atoms with van der Waals surface area (Å²) < 4.78 is 11.0. The van der Waals surface area contributed by atoms with Gasteiger partial charge in [-0.05, 0) is 60.1 Å². The number of nitrogens with zero attached hydrogens (tertiary/aromatic N) is 1. The topological polar surface area (TPSA) is 111 Å². The van der Waals surface area contributed by atoms with Crippen molar-refractivity contribution in [2.45, 2.75) is 65.2 Å². The third-order valence-corrected chi connectivity index (χ3v) is 4.06. The maximum Gasteiger partial charge on any atom is 0.331 e. The van der Waals surface area contributed by atoms with E-state index in [9.17, 15) is 14.4 Å². The number of para-hydroxylation sites is 1. The molecule has 0 fully saturated rings. The molecule has 3 N–H and O–H groups in total. The summed E-state index contributed by atoms with van der Waals surface area (Å²) in [6.07, 6.45) is -0.0531.